The molecule has 1 aromatic carbocycles. The number of hydrogen-bond acceptors (Lipinski definition) is 6. The maximum absolute atomic E-state index is 12.4. The molecule has 0 fully saturated rings. The summed E-state index contributed by atoms with van der Waals surface area (Å²) in [4.78, 5) is 10.9. The predicted molar refractivity (Wildman–Crippen MR) is 77.1 cm³/mol. The number of hydrogen-bond donors (Lipinski definition) is 1. The van der Waals surface area contributed by atoms with Crippen LogP contribution in [0.5, 0.6) is 11.5 Å². The van der Waals surface area contributed by atoms with E-state index in [-0.39, 0.29) is 13.3 Å². The van der Waals surface area contributed by atoms with Crippen molar-refractivity contribution >= 4 is 13.7 Å². The zero-order valence-electron chi connectivity index (χ0n) is 12.4. The van der Waals surface area contributed by atoms with E-state index in [1.807, 2.05) is 12.1 Å². The van der Waals surface area contributed by atoms with Gasteiger partial charge >= 0.3 is 13.7 Å². The fourth-order valence-corrected chi connectivity index (χ4v) is 3.35. The molecule has 1 N–H and O–H groups in total. The summed E-state index contributed by atoms with van der Waals surface area (Å²) in [6, 6.07) is 5.44. The van der Waals surface area contributed by atoms with E-state index in [1.54, 1.807) is 6.07 Å². The molecular formula is C13H18NO7P. The predicted octanol–water partition coefficient (Wildman–Crippen LogP) is 1.75. The number of carboxylic acids is 1. The molecule has 0 amide bonds. The van der Waals surface area contributed by atoms with Crippen molar-refractivity contribution in [2.75, 3.05) is 34.1 Å². The monoisotopic (exact) mass is 331 g/mol. The van der Waals surface area contributed by atoms with Crippen molar-refractivity contribution in [3.63, 3.8) is 0 Å². The summed E-state index contributed by atoms with van der Waals surface area (Å²) in [6.45, 7) is -0.0547. The topological polar surface area (TPSA) is 94.5 Å². The third kappa shape index (κ3) is 3.78. The number of aliphatic carboxylic acids is 1. The lowest BCUT2D eigenvalue weighted by Gasteiger charge is -2.26. The number of carbonyl (C=O) groups is 1. The van der Waals surface area contributed by atoms with Gasteiger partial charge in [-0.1, -0.05) is 6.07 Å². The standard InChI is InChI=1S/C13H18NO7P/c1-18-22(17,19-2)14(8-13(15)16)6-5-10-3-4-11-12(7-10)21-9-20-11/h3-4,7H,5-6,8-9H2,1-2H3,(H,15,16). The second kappa shape index (κ2) is 7.11. The average Bonchev–Trinajstić information content (AvgIpc) is 2.97. The minimum atomic E-state index is -3.60. The first-order valence-electron chi connectivity index (χ1n) is 6.56. The van der Waals surface area contributed by atoms with E-state index in [4.69, 9.17) is 23.6 Å². The molecule has 122 valence electrons. The molecular weight excluding hydrogens is 313 g/mol. The zero-order valence-corrected chi connectivity index (χ0v) is 13.2. The van der Waals surface area contributed by atoms with E-state index < -0.39 is 20.3 Å². The van der Waals surface area contributed by atoms with Crippen LogP contribution in [0.1, 0.15) is 5.56 Å². The first-order chi connectivity index (χ1) is 10.5. The Morgan fingerprint density at radius 2 is 2.00 bits per heavy atom. The Morgan fingerprint density at radius 1 is 1.32 bits per heavy atom. The van der Waals surface area contributed by atoms with Crippen LogP contribution in [0.4, 0.5) is 0 Å². The van der Waals surface area contributed by atoms with Gasteiger partial charge in [0, 0.05) is 20.8 Å². The third-order valence-corrected chi connectivity index (χ3v) is 5.18. The number of nitrogens with zero attached hydrogens (tertiary/aromatic N) is 1. The van der Waals surface area contributed by atoms with E-state index in [1.165, 1.54) is 18.9 Å². The molecule has 2 rings (SSSR count). The van der Waals surface area contributed by atoms with E-state index in [2.05, 4.69) is 0 Å². The molecule has 0 atom stereocenters. The largest absolute Gasteiger partial charge is 0.480 e. The van der Waals surface area contributed by atoms with Crippen LogP contribution in [0.3, 0.4) is 0 Å². The number of rotatable bonds is 8. The van der Waals surface area contributed by atoms with E-state index in [0.29, 0.717) is 17.9 Å². The molecule has 1 aromatic rings. The highest BCUT2D eigenvalue weighted by molar-refractivity contribution is 7.51. The average molecular weight is 331 g/mol. The van der Waals surface area contributed by atoms with Crippen molar-refractivity contribution in [1.29, 1.82) is 0 Å². The molecule has 0 aliphatic carbocycles. The van der Waals surface area contributed by atoms with Crippen molar-refractivity contribution in [3.05, 3.63) is 23.8 Å². The van der Waals surface area contributed by atoms with Crippen molar-refractivity contribution < 1.29 is 33.0 Å². The summed E-state index contributed by atoms with van der Waals surface area (Å²) < 4.78 is 33.8. The third-order valence-electron chi connectivity index (χ3n) is 3.22. The van der Waals surface area contributed by atoms with Crippen LogP contribution >= 0.6 is 7.75 Å². The molecule has 1 aliphatic heterocycles. The normalized spacial score (nSPS) is 13.6. The Bertz CT molecular complexity index is 584. The van der Waals surface area contributed by atoms with Crippen molar-refractivity contribution in [3.8, 4) is 11.5 Å². The van der Waals surface area contributed by atoms with Gasteiger partial charge in [-0.25, -0.2) is 4.57 Å². The highest BCUT2D eigenvalue weighted by Crippen LogP contribution is 2.50. The van der Waals surface area contributed by atoms with Crippen molar-refractivity contribution in [2.24, 2.45) is 0 Å². The summed E-state index contributed by atoms with van der Waals surface area (Å²) in [6.07, 6.45) is 0.459. The number of carboxylic acid groups (broad SMARTS) is 1. The van der Waals surface area contributed by atoms with E-state index >= 15 is 0 Å². The smallest absolute Gasteiger partial charge is 0.408 e. The van der Waals surface area contributed by atoms with Crippen LogP contribution < -0.4 is 9.47 Å². The van der Waals surface area contributed by atoms with E-state index in [9.17, 15) is 9.36 Å². The molecule has 1 aliphatic rings. The molecule has 0 saturated carbocycles. The fourth-order valence-electron chi connectivity index (χ4n) is 2.10. The quantitative estimate of drug-likeness (QED) is 0.720. The molecule has 22 heavy (non-hydrogen) atoms. The highest BCUT2D eigenvalue weighted by Gasteiger charge is 2.32. The Balaban J connectivity index is 2.07. The summed E-state index contributed by atoms with van der Waals surface area (Å²) in [7, 11) is -1.16. The number of benzene rings is 1. The van der Waals surface area contributed by atoms with Gasteiger partial charge in [-0.15, -0.1) is 0 Å². The fraction of sp³-hybridized carbons (Fsp3) is 0.462. The lowest BCUT2D eigenvalue weighted by molar-refractivity contribution is -0.137. The van der Waals surface area contributed by atoms with Crippen molar-refractivity contribution in [2.45, 2.75) is 6.42 Å². The molecule has 0 bridgehead atoms. The van der Waals surface area contributed by atoms with Crippen LogP contribution in [-0.2, 0) is 24.8 Å². The molecule has 0 radical (unpaired) electrons. The summed E-state index contributed by atoms with van der Waals surface area (Å²) in [5.41, 5.74) is 0.901. The maximum Gasteiger partial charge on any atom is 0.408 e. The first-order valence-corrected chi connectivity index (χ1v) is 8.05. The van der Waals surface area contributed by atoms with Gasteiger partial charge in [-0.3, -0.25) is 13.8 Å². The van der Waals surface area contributed by atoms with Gasteiger partial charge in [0.1, 0.15) is 6.54 Å². The van der Waals surface area contributed by atoms with Crippen LogP contribution in [-0.4, -0.2) is 49.8 Å². The summed E-state index contributed by atoms with van der Waals surface area (Å²) in [5.74, 6) is 0.203. The molecule has 0 unspecified atom stereocenters. The number of fused-ring (bicyclic) bond motifs is 1. The minimum Gasteiger partial charge on any atom is -0.480 e. The first kappa shape index (κ1) is 16.8. The molecule has 8 nitrogen and oxygen atoms in total. The van der Waals surface area contributed by atoms with Crippen LogP contribution in [0.25, 0.3) is 0 Å². The lowest BCUT2D eigenvalue weighted by atomic mass is 10.1. The van der Waals surface area contributed by atoms with Crippen molar-refractivity contribution in [1.82, 2.24) is 4.67 Å². The molecule has 1 heterocycles. The van der Waals surface area contributed by atoms with Gasteiger partial charge in [-0.2, -0.15) is 4.67 Å². The summed E-state index contributed by atoms with van der Waals surface area (Å²) in [5, 5.41) is 8.95. The second-order valence-corrected chi connectivity index (χ2v) is 6.79. The van der Waals surface area contributed by atoms with Crippen LogP contribution in [0.2, 0.25) is 0 Å². The van der Waals surface area contributed by atoms with Gasteiger partial charge in [0.2, 0.25) is 6.79 Å². The molecule has 0 saturated heterocycles. The van der Waals surface area contributed by atoms with Crippen LogP contribution in [0, 0.1) is 0 Å². The Kier molecular flexibility index (Phi) is 5.42. The molecule has 0 spiro atoms. The Morgan fingerprint density at radius 3 is 2.64 bits per heavy atom. The zero-order chi connectivity index (χ0) is 16.2. The highest BCUT2D eigenvalue weighted by atomic mass is 31.2. The minimum absolute atomic E-state index is 0.187. The summed E-state index contributed by atoms with van der Waals surface area (Å²) >= 11 is 0. The van der Waals surface area contributed by atoms with Gasteiger partial charge < -0.3 is 14.6 Å². The van der Waals surface area contributed by atoms with Crippen LogP contribution in [0.15, 0.2) is 18.2 Å². The van der Waals surface area contributed by atoms with E-state index in [0.717, 1.165) is 5.56 Å². The number of ether oxygens (including phenoxy) is 2. The lowest BCUT2D eigenvalue weighted by Crippen LogP contribution is -2.30. The Hall–Kier alpha value is -1.60. The van der Waals surface area contributed by atoms with Gasteiger partial charge in [0.05, 0.1) is 0 Å². The Labute approximate surface area is 128 Å². The maximum atomic E-state index is 12.4. The SMILES string of the molecule is COP(=O)(OC)N(CCc1ccc2c(c1)OCO2)CC(=O)O. The second-order valence-electron chi connectivity index (χ2n) is 4.55. The van der Waals surface area contributed by atoms with Gasteiger partial charge in [0.25, 0.3) is 0 Å². The van der Waals surface area contributed by atoms with Gasteiger partial charge in [-0.05, 0) is 24.1 Å². The van der Waals surface area contributed by atoms with Gasteiger partial charge in [0.15, 0.2) is 11.5 Å². The molecule has 9 heteroatoms. The molecule has 0 aromatic heterocycles.